The standard InChI is InChI=1S/C20H23F2N3O5S/c1-3-25(12-18(26)23-14-7-6-8-15(11-14)30-2)13-19(27)24-16-9-4-5-10-17(16)31(28,29)20(21)22/h4-11,20H,3,12-13H2,1-2H3,(H,23,26)(H,24,27). The average molecular weight is 455 g/mol. The first kappa shape index (κ1) is 24.2. The van der Waals surface area contributed by atoms with Crippen LogP contribution in [0.15, 0.2) is 53.4 Å². The van der Waals surface area contributed by atoms with Gasteiger partial charge in [0.05, 0.1) is 30.8 Å². The summed E-state index contributed by atoms with van der Waals surface area (Å²) in [5.41, 5.74) is 0.278. The number of likely N-dealkylation sites (N-methyl/N-ethyl adjacent to an activating group) is 1. The number of para-hydroxylation sites is 1. The van der Waals surface area contributed by atoms with E-state index in [1.54, 1.807) is 31.2 Å². The van der Waals surface area contributed by atoms with Gasteiger partial charge in [-0.15, -0.1) is 0 Å². The van der Waals surface area contributed by atoms with Gasteiger partial charge in [-0.1, -0.05) is 25.1 Å². The van der Waals surface area contributed by atoms with Crippen molar-refractivity contribution >= 4 is 33.0 Å². The number of anilines is 2. The van der Waals surface area contributed by atoms with Crippen LogP contribution in [0.25, 0.3) is 0 Å². The Labute approximate surface area is 179 Å². The van der Waals surface area contributed by atoms with Gasteiger partial charge in [0.2, 0.25) is 21.7 Å². The maximum atomic E-state index is 12.9. The van der Waals surface area contributed by atoms with Crippen LogP contribution in [-0.2, 0) is 19.4 Å². The van der Waals surface area contributed by atoms with Gasteiger partial charge in [0.1, 0.15) is 5.75 Å². The summed E-state index contributed by atoms with van der Waals surface area (Å²) in [6.45, 7) is 1.72. The molecule has 2 rings (SSSR count). The van der Waals surface area contributed by atoms with Crippen molar-refractivity contribution in [2.75, 3.05) is 37.4 Å². The van der Waals surface area contributed by atoms with Crippen LogP contribution in [0.5, 0.6) is 5.75 Å². The molecule has 0 unspecified atom stereocenters. The van der Waals surface area contributed by atoms with Gasteiger partial charge in [-0.3, -0.25) is 14.5 Å². The van der Waals surface area contributed by atoms with Crippen molar-refractivity contribution in [1.82, 2.24) is 4.90 Å². The number of amides is 2. The second-order valence-electron chi connectivity index (χ2n) is 6.43. The van der Waals surface area contributed by atoms with Gasteiger partial charge in [0, 0.05) is 11.8 Å². The van der Waals surface area contributed by atoms with E-state index in [1.165, 1.54) is 30.2 Å². The first-order valence-electron chi connectivity index (χ1n) is 9.24. The molecule has 0 bridgehead atoms. The number of halogens is 2. The number of ether oxygens (including phenoxy) is 1. The number of hydrogen-bond donors (Lipinski definition) is 2. The van der Waals surface area contributed by atoms with E-state index in [4.69, 9.17) is 4.74 Å². The molecule has 0 saturated heterocycles. The molecule has 0 fully saturated rings. The fourth-order valence-electron chi connectivity index (χ4n) is 2.69. The lowest BCUT2D eigenvalue weighted by atomic mass is 10.3. The molecule has 0 aromatic heterocycles. The molecule has 0 aliphatic carbocycles. The van der Waals surface area contributed by atoms with Crippen LogP contribution in [-0.4, -0.2) is 57.6 Å². The average Bonchev–Trinajstić information content (AvgIpc) is 2.73. The summed E-state index contributed by atoms with van der Waals surface area (Å²) in [6.07, 6.45) is 0. The molecule has 168 valence electrons. The minimum Gasteiger partial charge on any atom is -0.497 e. The largest absolute Gasteiger partial charge is 0.497 e. The van der Waals surface area contributed by atoms with Crippen LogP contribution in [0, 0.1) is 0 Å². The lowest BCUT2D eigenvalue weighted by Gasteiger charge is -2.20. The highest BCUT2D eigenvalue weighted by Gasteiger charge is 2.29. The zero-order valence-electron chi connectivity index (χ0n) is 17.0. The van der Waals surface area contributed by atoms with Gasteiger partial charge in [0.25, 0.3) is 0 Å². The van der Waals surface area contributed by atoms with Crippen LogP contribution >= 0.6 is 0 Å². The Kier molecular flexibility index (Phi) is 8.46. The van der Waals surface area contributed by atoms with E-state index in [0.29, 0.717) is 18.0 Å². The van der Waals surface area contributed by atoms with E-state index >= 15 is 0 Å². The Morgan fingerprint density at radius 2 is 1.68 bits per heavy atom. The molecule has 31 heavy (non-hydrogen) atoms. The molecule has 2 aromatic rings. The van der Waals surface area contributed by atoms with Crippen molar-refractivity contribution in [3.8, 4) is 5.75 Å². The van der Waals surface area contributed by atoms with Crippen molar-refractivity contribution < 1.29 is 31.5 Å². The molecule has 0 atom stereocenters. The second kappa shape index (κ2) is 10.8. The molecule has 0 aliphatic heterocycles. The minimum absolute atomic E-state index is 0.113. The van der Waals surface area contributed by atoms with Gasteiger partial charge < -0.3 is 15.4 Å². The van der Waals surface area contributed by atoms with Crippen LogP contribution in [0.4, 0.5) is 20.2 Å². The number of hydrogen-bond acceptors (Lipinski definition) is 6. The summed E-state index contributed by atoms with van der Waals surface area (Å²) >= 11 is 0. The van der Waals surface area contributed by atoms with Gasteiger partial charge in [0.15, 0.2) is 0 Å². The predicted octanol–water partition coefficient (Wildman–Crippen LogP) is 2.59. The van der Waals surface area contributed by atoms with E-state index in [9.17, 15) is 26.8 Å². The molecule has 2 amide bonds. The lowest BCUT2D eigenvalue weighted by Crippen LogP contribution is -2.38. The molecule has 0 heterocycles. The third-order valence-electron chi connectivity index (χ3n) is 4.24. The van der Waals surface area contributed by atoms with Crippen molar-refractivity contribution in [2.45, 2.75) is 17.6 Å². The number of nitrogens with one attached hydrogen (secondary N) is 2. The highest BCUT2D eigenvalue weighted by molar-refractivity contribution is 7.91. The van der Waals surface area contributed by atoms with Crippen LogP contribution in [0.2, 0.25) is 0 Å². The Morgan fingerprint density at radius 1 is 1.03 bits per heavy atom. The first-order valence-corrected chi connectivity index (χ1v) is 10.8. The summed E-state index contributed by atoms with van der Waals surface area (Å²) in [4.78, 5) is 25.5. The van der Waals surface area contributed by atoms with E-state index in [2.05, 4.69) is 10.6 Å². The molecule has 8 nitrogen and oxygen atoms in total. The van der Waals surface area contributed by atoms with Gasteiger partial charge >= 0.3 is 5.76 Å². The van der Waals surface area contributed by atoms with Gasteiger partial charge in [-0.05, 0) is 30.8 Å². The molecule has 2 aromatic carbocycles. The monoisotopic (exact) mass is 455 g/mol. The minimum atomic E-state index is -4.88. The molecule has 0 aliphatic rings. The second-order valence-corrected chi connectivity index (χ2v) is 8.32. The van der Waals surface area contributed by atoms with Crippen molar-refractivity contribution in [2.24, 2.45) is 0 Å². The van der Waals surface area contributed by atoms with Crippen LogP contribution < -0.4 is 15.4 Å². The number of methoxy groups -OCH3 is 1. The Balaban J connectivity index is 2.02. The fraction of sp³-hybridized carbons (Fsp3) is 0.300. The fourth-order valence-corrected chi connectivity index (χ4v) is 3.58. The predicted molar refractivity (Wildman–Crippen MR) is 112 cm³/mol. The SMILES string of the molecule is CCN(CC(=O)Nc1cccc(OC)c1)CC(=O)Nc1ccccc1S(=O)(=O)C(F)F. The highest BCUT2D eigenvalue weighted by atomic mass is 32.2. The van der Waals surface area contributed by atoms with Crippen molar-refractivity contribution in [3.05, 3.63) is 48.5 Å². The summed E-state index contributed by atoms with van der Waals surface area (Å²) in [5, 5.41) is 5.02. The molecule has 0 radical (unpaired) electrons. The molecule has 0 spiro atoms. The number of carbonyl (C=O) groups excluding carboxylic acids is 2. The maximum absolute atomic E-state index is 12.9. The van der Waals surface area contributed by atoms with E-state index < -0.39 is 26.4 Å². The molecule has 0 saturated carbocycles. The van der Waals surface area contributed by atoms with Crippen molar-refractivity contribution in [3.63, 3.8) is 0 Å². The highest BCUT2D eigenvalue weighted by Crippen LogP contribution is 2.26. The Morgan fingerprint density at radius 3 is 2.29 bits per heavy atom. The summed E-state index contributed by atoms with van der Waals surface area (Å²) in [6, 6.07) is 11.7. The van der Waals surface area contributed by atoms with E-state index in [-0.39, 0.29) is 24.7 Å². The molecular formula is C20H23F2N3O5S. The van der Waals surface area contributed by atoms with Crippen LogP contribution in [0.1, 0.15) is 6.92 Å². The maximum Gasteiger partial charge on any atom is 0.341 e. The topological polar surface area (TPSA) is 105 Å². The summed E-state index contributed by atoms with van der Waals surface area (Å²) < 4.78 is 54.5. The third kappa shape index (κ3) is 6.72. The number of alkyl halides is 2. The quantitative estimate of drug-likeness (QED) is 0.571. The normalized spacial score (nSPS) is 11.4. The van der Waals surface area contributed by atoms with Crippen molar-refractivity contribution in [1.29, 1.82) is 0 Å². The molecular weight excluding hydrogens is 432 g/mol. The van der Waals surface area contributed by atoms with Crippen LogP contribution in [0.3, 0.4) is 0 Å². The van der Waals surface area contributed by atoms with Gasteiger partial charge in [-0.2, -0.15) is 8.78 Å². The zero-order valence-corrected chi connectivity index (χ0v) is 17.8. The first-order chi connectivity index (χ1) is 14.7. The Bertz CT molecular complexity index is 1030. The van der Waals surface area contributed by atoms with Gasteiger partial charge in [-0.25, -0.2) is 8.42 Å². The summed E-state index contributed by atoms with van der Waals surface area (Å²) in [7, 11) is -3.38. The number of nitrogens with zero attached hydrogens (tertiary/aromatic N) is 1. The summed E-state index contributed by atoms with van der Waals surface area (Å²) in [5.74, 6) is -4.06. The lowest BCUT2D eigenvalue weighted by molar-refractivity contribution is -0.119. The van der Waals surface area contributed by atoms with E-state index in [1.807, 2.05) is 0 Å². The number of benzene rings is 2. The van der Waals surface area contributed by atoms with E-state index in [0.717, 1.165) is 6.07 Å². The smallest absolute Gasteiger partial charge is 0.341 e. The Hall–Kier alpha value is -3.05. The third-order valence-corrected chi connectivity index (χ3v) is 5.68. The molecule has 2 N–H and O–H groups in total. The number of rotatable bonds is 10. The zero-order chi connectivity index (χ0) is 23.0. The molecule has 11 heteroatoms. The number of sulfone groups is 1. The number of carbonyl (C=O) groups is 2.